The van der Waals surface area contributed by atoms with Gasteiger partial charge in [-0.1, -0.05) is 41.4 Å². The van der Waals surface area contributed by atoms with E-state index < -0.39 is 0 Å². The maximum atomic E-state index is 13.0. The molecule has 1 N–H and O–H groups in total. The van der Waals surface area contributed by atoms with Gasteiger partial charge in [0.05, 0.1) is 21.3 Å². The predicted molar refractivity (Wildman–Crippen MR) is 123 cm³/mol. The molecule has 1 aromatic heterocycles. The van der Waals surface area contributed by atoms with E-state index in [1.165, 1.54) is 0 Å². The first-order chi connectivity index (χ1) is 14.0. The van der Waals surface area contributed by atoms with Crippen LogP contribution in [0.15, 0.2) is 48.7 Å². The van der Waals surface area contributed by atoms with Crippen molar-refractivity contribution in [3.8, 4) is 11.3 Å². The number of aryl methyl sites for hydroxylation is 1. The summed E-state index contributed by atoms with van der Waals surface area (Å²) in [5, 5.41) is 8.54. The molecule has 1 saturated heterocycles. The Morgan fingerprint density at radius 2 is 1.86 bits per heavy atom. The molecule has 29 heavy (non-hydrogen) atoms. The monoisotopic (exact) mass is 446 g/mol. The molecule has 0 radical (unpaired) electrons. The summed E-state index contributed by atoms with van der Waals surface area (Å²) < 4.78 is 1.61. The lowest BCUT2D eigenvalue weighted by molar-refractivity contribution is 0.102. The lowest BCUT2D eigenvalue weighted by Crippen LogP contribution is -2.32. The van der Waals surface area contributed by atoms with Gasteiger partial charge in [0.15, 0.2) is 0 Å². The van der Waals surface area contributed by atoms with Crippen molar-refractivity contribution in [2.75, 3.05) is 34.8 Å². The first kappa shape index (κ1) is 20.1. The lowest BCUT2D eigenvalue weighted by Gasteiger charge is -2.29. The van der Waals surface area contributed by atoms with Crippen molar-refractivity contribution in [3.05, 3.63) is 64.3 Å². The standard InChI is InChI=1S/C21H20Cl2N4OS/c1-26-13-16(20(25-26)15-4-2-3-5-17(15)22)21(28)24-14-6-7-19(18(23)12-14)27-8-10-29-11-9-27/h2-7,12-13H,8-11H2,1H3,(H,24,28). The van der Waals surface area contributed by atoms with E-state index in [1.807, 2.05) is 42.1 Å². The highest BCUT2D eigenvalue weighted by Crippen LogP contribution is 2.32. The SMILES string of the molecule is Cn1cc(C(=O)Nc2ccc(N3CCSCC3)c(Cl)c2)c(-c2ccccc2Cl)n1. The van der Waals surface area contributed by atoms with Crippen molar-refractivity contribution in [1.82, 2.24) is 9.78 Å². The number of halogens is 2. The number of hydrogen-bond donors (Lipinski definition) is 1. The molecule has 1 aliphatic rings. The molecular weight excluding hydrogens is 427 g/mol. The Balaban J connectivity index is 1.57. The number of thioether (sulfide) groups is 1. The van der Waals surface area contributed by atoms with Crippen LogP contribution in [0, 0.1) is 0 Å². The van der Waals surface area contributed by atoms with E-state index in [-0.39, 0.29) is 5.91 Å². The van der Waals surface area contributed by atoms with E-state index in [1.54, 1.807) is 30.1 Å². The summed E-state index contributed by atoms with van der Waals surface area (Å²) in [4.78, 5) is 15.2. The first-order valence-electron chi connectivity index (χ1n) is 9.25. The summed E-state index contributed by atoms with van der Waals surface area (Å²) in [6, 6.07) is 13.0. The Kier molecular flexibility index (Phi) is 6.04. The van der Waals surface area contributed by atoms with Crippen LogP contribution in [0.1, 0.15) is 10.4 Å². The molecule has 4 rings (SSSR count). The lowest BCUT2D eigenvalue weighted by atomic mass is 10.1. The van der Waals surface area contributed by atoms with Crippen molar-refractivity contribution in [2.24, 2.45) is 7.05 Å². The fraction of sp³-hybridized carbons (Fsp3) is 0.238. The number of carbonyl (C=O) groups is 1. The molecule has 0 spiro atoms. The fourth-order valence-corrected chi connectivity index (χ4v) is 4.78. The molecule has 0 bridgehead atoms. The second-order valence-corrected chi connectivity index (χ2v) is 8.80. The van der Waals surface area contributed by atoms with Gasteiger partial charge in [-0.15, -0.1) is 0 Å². The third-order valence-corrected chi connectivity index (χ3v) is 6.33. The maximum absolute atomic E-state index is 13.0. The molecule has 8 heteroatoms. The summed E-state index contributed by atoms with van der Waals surface area (Å²) >= 11 is 14.8. The van der Waals surface area contributed by atoms with Gasteiger partial charge in [0.1, 0.15) is 5.69 Å². The Bertz CT molecular complexity index is 1050. The summed E-state index contributed by atoms with van der Waals surface area (Å²) in [5.41, 5.74) is 3.36. The van der Waals surface area contributed by atoms with E-state index in [2.05, 4.69) is 15.3 Å². The molecular formula is C21H20Cl2N4OS. The number of anilines is 2. The van der Waals surface area contributed by atoms with E-state index in [4.69, 9.17) is 23.2 Å². The largest absolute Gasteiger partial charge is 0.369 e. The number of aromatic nitrogens is 2. The van der Waals surface area contributed by atoms with Gasteiger partial charge in [-0.05, 0) is 24.3 Å². The smallest absolute Gasteiger partial charge is 0.259 e. The number of amides is 1. The first-order valence-corrected chi connectivity index (χ1v) is 11.2. The van der Waals surface area contributed by atoms with Crippen molar-refractivity contribution >= 4 is 52.2 Å². The molecule has 2 heterocycles. The zero-order valence-corrected chi connectivity index (χ0v) is 18.2. The minimum atomic E-state index is -0.258. The van der Waals surface area contributed by atoms with E-state index in [0.717, 1.165) is 35.8 Å². The number of benzene rings is 2. The van der Waals surface area contributed by atoms with Crippen LogP contribution in [0.5, 0.6) is 0 Å². The van der Waals surface area contributed by atoms with Crippen LogP contribution >= 0.6 is 35.0 Å². The number of rotatable bonds is 4. The Morgan fingerprint density at radius 1 is 1.10 bits per heavy atom. The van der Waals surface area contributed by atoms with E-state index in [0.29, 0.717) is 27.0 Å². The van der Waals surface area contributed by atoms with E-state index >= 15 is 0 Å². The normalized spacial score (nSPS) is 14.1. The summed E-state index contributed by atoms with van der Waals surface area (Å²) in [6.07, 6.45) is 1.69. The van der Waals surface area contributed by atoms with Crippen molar-refractivity contribution in [1.29, 1.82) is 0 Å². The number of carbonyl (C=O) groups excluding carboxylic acids is 1. The second-order valence-electron chi connectivity index (χ2n) is 6.76. The van der Waals surface area contributed by atoms with Crippen LogP contribution in [0.3, 0.4) is 0 Å². The highest BCUT2D eigenvalue weighted by molar-refractivity contribution is 7.99. The van der Waals surface area contributed by atoms with Crippen molar-refractivity contribution in [2.45, 2.75) is 0 Å². The Morgan fingerprint density at radius 3 is 2.59 bits per heavy atom. The van der Waals surface area contributed by atoms with Crippen LogP contribution in [-0.2, 0) is 7.05 Å². The average Bonchev–Trinajstić information content (AvgIpc) is 3.11. The highest BCUT2D eigenvalue weighted by Gasteiger charge is 2.20. The molecule has 0 atom stereocenters. The quantitative estimate of drug-likeness (QED) is 0.598. The second kappa shape index (κ2) is 8.69. The molecule has 3 aromatic rings. The minimum Gasteiger partial charge on any atom is -0.369 e. The number of hydrogen-bond acceptors (Lipinski definition) is 4. The van der Waals surface area contributed by atoms with Crippen molar-refractivity contribution in [3.63, 3.8) is 0 Å². The Hall–Kier alpha value is -2.15. The summed E-state index contributed by atoms with van der Waals surface area (Å²) in [7, 11) is 1.78. The van der Waals surface area contributed by atoms with Gasteiger partial charge < -0.3 is 10.2 Å². The Labute approximate surface area is 184 Å². The van der Waals surface area contributed by atoms with Crippen LogP contribution in [0.2, 0.25) is 10.0 Å². The predicted octanol–water partition coefficient (Wildman–Crippen LogP) is 5.20. The van der Waals surface area contributed by atoms with Crippen LogP contribution in [-0.4, -0.2) is 40.3 Å². The van der Waals surface area contributed by atoms with E-state index in [9.17, 15) is 4.79 Å². The zero-order valence-electron chi connectivity index (χ0n) is 15.9. The van der Waals surface area contributed by atoms with Gasteiger partial charge in [0.2, 0.25) is 0 Å². The van der Waals surface area contributed by atoms with Crippen molar-refractivity contribution < 1.29 is 4.79 Å². The third kappa shape index (κ3) is 4.39. The molecule has 1 aliphatic heterocycles. The molecule has 2 aromatic carbocycles. The average molecular weight is 447 g/mol. The number of nitrogens with zero attached hydrogens (tertiary/aromatic N) is 3. The molecule has 0 saturated carbocycles. The van der Waals surface area contributed by atoms with Gasteiger partial charge in [0, 0.05) is 49.1 Å². The molecule has 5 nitrogen and oxygen atoms in total. The number of nitrogens with one attached hydrogen (secondary N) is 1. The topological polar surface area (TPSA) is 50.2 Å². The molecule has 1 fully saturated rings. The van der Waals surface area contributed by atoms with Gasteiger partial charge >= 0.3 is 0 Å². The molecule has 0 unspecified atom stereocenters. The van der Waals surface area contributed by atoms with Crippen LogP contribution < -0.4 is 10.2 Å². The summed E-state index contributed by atoms with van der Waals surface area (Å²) in [5.74, 6) is 1.94. The molecule has 150 valence electrons. The van der Waals surface area contributed by atoms with Gasteiger partial charge in [-0.2, -0.15) is 16.9 Å². The van der Waals surface area contributed by atoms with Gasteiger partial charge in [0.25, 0.3) is 5.91 Å². The summed E-state index contributed by atoms with van der Waals surface area (Å²) in [6.45, 7) is 1.96. The van der Waals surface area contributed by atoms with Gasteiger partial charge in [-0.25, -0.2) is 0 Å². The van der Waals surface area contributed by atoms with Gasteiger partial charge in [-0.3, -0.25) is 9.48 Å². The highest BCUT2D eigenvalue weighted by atomic mass is 35.5. The van der Waals surface area contributed by atoms with Crippen LogP contribution in [0.4, 0.5) is 11.4 Å². The zero-order chi connectivity index (χ0) is 20.4. The molecule has 0 aliphatic carbocycles. The molecule has 1 amide bonds. The van der Waals surface area contributed by atoms with Crippen LogP contribution in [0.25, 0.3) is 11.3 Å². The fourth-order valence-electron chi connectivity index (χ4n) is 3.35. The maximum Gasteiger partial charge on any atom is 0.259 e. The minimum absolute atomic E-state index is 0.258. The third-order valence-electron chi connectivity index (χ3n) is 4.76.